The molecule has 0 aromatic heterocycles. The normalized spacial score (nSPS) is 13.5. The summed E-state index contributed by atoms with van der Waals surface area (Å²) >= 11 is 0. The van der Waals surface area contributed by atoms with Crippen molar-refractivity contribution in [3.05, 3.63) is 48.0 Å². The van der Waals surface area contributed by atoms with Crippen LogP contribution in [-0.4, -0.2) is 25.3 Å². The second kappa shape index (κ2) is 10.2. The number of nitrogens with one attached hydrogen (secondary N) is 1. The maximum atomic E-state index is 6.01. The molecule has 0 fully saturated rings. The molecule has 2 aromatic carbocycles. The van der Waals surface area contributed by atoms with E-state index < -0.39 is 0 Å². The number of nitrogens with zero attached hydrogens (tertiary/aromatic N) is 1. The molecule has 0 bridgehead atoms. The Morgan fingerprint density at radius 3 is 2.63 bits per heavy atom. The molecule has 0 spiro atoms. The van der Waals surface area contributed by atoms with Gasteiger partial charge in [0.05, 0.1) is 25.9 Å². The van der Waals surface area contributed by atoms with E-state index in [1.165, 1.54) is 0 Å². The van der Waals surface area contributed by atoms with E-state index in [0.29, 0.717) is 25.7 Å². The van der Waals surface area contributed by atoms with E-state index in [1.807, 2.05) is 56.3 Å². The fraction of sp³-hybridized carbons (Fsp3) is 0.350. The third-order valence-electron chi connectivity index (χ3n) is 3.77. The van der Waals surface area contributed by atoms with Crippen molar-refractivity contribution in [3.8, 4) is 17.2 Å². The molecule has 27 heavy (non-hydrogen) atoms. The number of ether oxygens (including phenoxy) is 3. The molecule has 3 N–H and O–H groups in total. The van der Waals surface area contributed by atoms with Crippen molar-refractivity contribution < 1.29 is 14.2 Å². The van der Waals surface area contributed by atoms with Gasteiger partial charge in [-0.2, -0.15) is 0 Å². The van der Waals surface area contributed by atoms with E-state index in [0.717, 1.165) is 34.9 Å². The fourth-order valence-corrected chi connectivity index (χ4v) is 2.63. The van der Waals surface area contributed by atoms with Gasteiger partial charge in [-0.3, -0.25) is 0 Å². The Morgan fingerprint density at radius 1 is 1.15 bits per heavy atom. The van der Waals surface area contributed by atoms with Gasteiger partial charge in [-0.25, -0.2) is 4.99 Å². The van der Waals surface area contributed by atoms with Gasteiger partial charge in [0, 0.05) is 17.7 Å². The highest BCUT2D eigenvalue weighted by atomic mass is 127. The van der Waals surface area contributed by atoms with Crippen LogP contribution in [-0.2, 0) is 6.54 Å². The highest BCUT2D eigenvalue weighted by Gasteiger charge is 2.14. The van der Waals surface area contributed by atoms with E-state index in [2.05, 4.69) is 10.3 Å². The van der Waals surface area contributed by atoms with Crippen molar-refractivity contribution in [1.82, 2.24) is 0 Å². The Morgan fingerprint density at radius 2 is 1.89 bits per heavy atom. The highest BCUT2D eigenvalue weighted by Crippen LogP contribution is 2.33. The first-order valence-electron chi connectivity index (χ1n) is 8.83. The van der Waals surface area contributed by atoms with Crippen LogP contribution in [0.2, 0.25) is 0 Å². The predicted octanol–water partition coefficient (Wildman–Crippen LogP) is 4.18. The van der Waals surface area contributed by atoms with E-state index in [9.17, 15) is 0 Å². The summed E-state index contributed by atoms with van der Waals surface area (Å²) in [6.07, 6.45) is 1.02. The number of guanidine groups is 1. The number of halogens is 1. The van der Waals surface area contributed by atoms with Crippen LogP contribution in [0.1, 0.15) is 25.8 Å². The molecule has 0 unspecified atom stereocenters. The number of hydrogen-bond acceptors (Lipinski definition) is 4. The van der Waals surface area contributed by atoms with Crippen molar-refractivity contribution in [1.29, 1.82) is 0 Å². The number of rotatable bonds is 5. The van der Waals surface area contributed by atoms with Gasteiger partial charge >= 0.3 is 0 Å². The van der Waals surface area contributed by atoms with Crippen LogP contribution in [0.4, 0.5) is 5.69 Å². The molecule has 0 radical (unpaired) electrons. The lowest BCUT2D eigenvalue weighted by molar-refractivity contribution is 0.242. The number of aliphatic imine (C=N–C) groups is 1. The molecule has 1 aliphatic heterocycles. The van der Waals surface area contributed by atoms with Gasteiger partial charge in [0.1, 0.15) is 5.75 Å². The standard InChI is InChI=1S/C20H25N3O3.HI/c1-14(2)26-17-9-7-16(8-10-17)23-20(21)22-13-15-5-3-6-18-19(15)25-12-4-11-24-18;/h3,5-10,14H,4,11-13H2,1-2H3,(H3,21,22,23);1H. The number of benzene rings is 2. The van der Waals surface area contributed by atoms with Crippen LogP contribution in [0.25, 0.3) is 0 Å². The highest BCUT2D eigenvalue weighted by molar-refractivity contribution is 14.0. The smallest absolute Gasteiger partial charge is 0.193 e. The van der Waals surface area contributed by atoms with E-state index in [-0.39, 0.29) is 30.1 Å². The lowest BCUT2D eigenvalue weighted by Crippen LogP contribution is -2.22. The van der Waals surface area contributed by atoms with Gasteiger partial charge in [-0.1, -0.05) is 12.1 Å². The molecular weight excluding hydrogens is 457 g/mol. The molecule has 0 amide bonds. The number of anilines is 1. The van der Waals surface area contributed by atoms with Crippen molar-refractivity contribution >= 4 is 35.6 Å². The molecule has 0 saturated heterocycles. The molecule has 3 rings (SSSR count). The molecule has 0 aliphatic carbocycles. The molecular formula is C20H26IN3O3. The second-order valence-electron chi connectivity index (χ2n) is 6.31. The number of hydrogen-bond donors (Lipinski definition) is 2. The third kappa shape index (κ3) is 6.20. The zero-order valence-corrected chi connectivity index (χ0v) is 17.9. The van der Waals surface area contributed by atoms with Gasteiger partial charge < -0.3 is 25.3 Å². The summed E-state index contributed by atoms with van der Waals surface area (Å²) in [5.74, 6) is 2.69. The van der Waals surface area contributed by atoms with Gasteiger partial charge in [0.15, 0.2) is 17.5 Å². The van der Waals surface area contributed by atoms with Crippen LogP contribution in [0.5, 0.6) is 17.2 Å². The lowest BCUT2D eigenvalue weighted by atomic mass is 10.2. The Labute approximate surface area is 177 Å². The van der Waals surface area contributed by atoms with Gasteiger partial charge in [0.2, 0.25) is 0 Å². The zero-order chi connectivity index (χ0) is 18.4. The van der Waals surface area contributed by atoms with Crippen LogP contribution < -0.4 is 25.3 Å². The summed E-state index contributed by atoms with van der Waals surface area (Å²) in [7, 11) is 0. The second-order valence-corrected chi connectivity index (χ2v) is 6.31. The largest absolute Gasteiger partial charge is 0.491 e. The van der Waals surface area contributed by atoms with Crippen molar-refractivity contribution in [3.63, 3.8) is 0 Å². The van der Waals surface area contributed by atoms with Crippen LogP contribution in [0, 0.1) is 0 Å². The zero-order valence-electron chi connectivity index (χ0n) is 15.6. The van der Waals surface area contributed by atoms with E-state index >= 15 is 0 Å². The molecule has 6 nitrogen and oxygen atoms in total. The molecule has 146 valence electrons. The average Bonchev–Trinajstić information content (AvgIpc) is 2.87. The topological polar surface area (TPSA) is 78.1 Å². The molecule has 7 heteroatoms. The maximum absolute atomic E-state index is 6.01. The van der Waals surface area contributed by atoms with Crippen LogP contribution in [0.15, 0.2) is 47.5 Å². The first-order chi connectivity index (χ1) is 12.6. The molecule has 2 aromatic rings. The number of para-hydroxylation sites is 1. The summed E-state index contributed by atoms with van der Waals surface area (Å²) in [6, 6.07) is 13.4. The van der Waals surface area contributed by atoms with E-state index in [4.69, 9.17) is 19.9 Å². The maximum Gasteiger partial charge on any atom is 0.193 e. The summed E-state index contributed by atoms with van der Waals surface area (Å²) in [4.78, 5) is 4.42. The third-order valence-corrected chi connectivity index (χ3v) is 3.77. The Bertz CT molecular complexity index is 764. The number of fused-ring (bicyclic) bond motifs is 1. The van der Waals surface area contributed by atoms with Crippen LogP contribution >= 0.6 is 24.0 Å². The minimum atomic E-state index is 0. The molecule has 0 atom stereocenters. The Balaban J connectivity index is 0.00000261. The van der Waals surface area contributed by atoms with Crippen molar-refractivity contribution in [2.75, 3.05) is 18.5 Å². The first-order valence-corrected chi connectivity index (χ1v) is 8.83. The predicted molar refractivity (Wildman–Crippen MR) is 119 cm³/mol. The quantitative estimate of drug-likeness (QED) is 0.379. The monoisotopic (exact) mass is 483 g/mol. The van der Waals surface area contributed by atoms with Gasteiger partial charge in [0.25, 0.3) is 0 Å². The average molecular weight is 483 g/mol. The summed E-state index contributed by atoms with van der Waals surface area (Å²) in [6.45, 7) is 5.72. The van der Waals surface area contributed by atoms with Crippen molar-refractivity contribution in [2.45, 2.75) is 32.9 Å². The van der Waals surface area contributed by atoms with Crippen LogP contribution in [0.3, 0.4) is 0 Å². The first kappa shape index (κ1) is 21.1. The van der Waals surface area contributed by atoms with Crippen molar-refractivity contribution in [2.24, 2.45) is 10.7 Å². The van der Waals surface area contributed by atoms with Gasteiger partial charge in [-0.15, -0.1) is 24.0 Å². The molecule has 0 saturated carbocycles. The summed E-state index contributed by atoms with van der Waals surface area (Å²) in [5.41, 5.74) is 7.82. The fourth-order valence-electron chi connectivity index (χ4n) is 2.63. The Kier molecular flexibility index (Phi) is 8.02. The summed E-state index contributed by atoms with van der Waals surface area (Å²) < 4.78 is 17.1. The SMILES string of the molecule is CC(C)Oc1ccc(NC(N)=NCc2cccc3c2OCCCO3)cc1.I. The molecule has 1 heterocycles. The lowest BCUT2D eigenvalue weighted by Gasteiger charge is -2.12. The minimum Gasteiger partial charge on any atom is -0.491 e. The van der Waals surface area contributed by atoms with Gasteiger partial charge in [-0.05, 0) is 44.2 Å². The Hall–Kier alpha value is -2.16. The minimum absolute atomic E-state index is 0. The van der Waals surface area contributed by atoms with E-state index in [1.54, 1.807) is 0 Å². The molecule has 1 aliphatic rings. The number of nitrogens with two attached hydrogens (primary N) is 1. The summed E-state index contributed by atoms with van der Waals surface area (Å²) in [5, 5.41) is 3.09.